The molecule has 0 bridgehead atoms. The van der Waals surface area contributed by atoms with Gasteiger partial charge in [-0.05, 0) is 36.5 Å². The van der Waals surface area contributed by atoms with Crippen LogP contribution in [-0.4, -0.2) is 30.2 Å². The van der Waals surface area contributed by atoms with Gasteiger partial charge in [-0.1, -0.05) is 90.5 Å². The molecule has 28 heavy (non-hydrogen) atoms. The third-order valence-electron chi connectivity index (χ3n) is 5.57. The molecule has 1 aliphatic rings. The van der Waals surface area contributed by atoms with Crippen molar-refractivity contribution >= 4 is 6.21 Å². The Bertz CT molecular complexity index is 894. The Hall–Kier alpha value is -2.71. The lowest BCUT2D eigenvalue weighted by molar-refractivity contribution is 0.175. The summed E-state index contributed by atoms with van der Waals surface area (Å²) in [4.78, 5) is 7.48. The van der Waals surface area contributed by atoms with E-state index in [1.54, 1.807) is 0 Å². The molecular formula is C26H28N2. The number of benzene rings is 3. The minimum absolute atomic E-state index is 0.320. The van der Waals surface area contributed by atoms with Crippen molar-refractivity contribution in [2.24, 2.45) is 4.99 Å². The molecular weight excluding hydrogens is 340 g/mol. The molecule has 4 rings (SSSR count). The molecule has 1 aliphatic heterocycles. The Balaban J connectivity index is 1.49. The molecule has 2 heteroatoms. The quantitative estimate of drug-likeness (QED) is 0.530. The van der Waals surface area contributed by atoms with Crippen molar-refractivity contribution in [3.05, 3.63) is 107 Å². The number of hydrogen-bond donors (Lipinski definition) is 0. The van der Waals surface area contributed by atoms with Gasteiger partial charge in [-0.25, -0.2) is 0 Å². The topological polar surface area (TPSA) is 15.6 Å². The maximum atomic E-state index is 4.86. The first-order chi connectivity index (χ1) is 13.8. The van der Waals surface area contributed by atoms with Gasteiger partial charge in [-0.2, -0.15) is 0 Å². The highest BCUT2D eigenvalue weighted by molar-refractivity contribution is 5.79. The van der Waals surface area contributed by atoms with Crippen LogP contribution in [0.1, 0.15) is 41.1 Å². The van der Waals surface area contributed by atoms with E-state index in [1.807, 2.05) is 12.3 Å². The Labute approximate surface area is 168 Å². The monoisotopic (exact) mass is 368 g/mol. The highest BCUT2D eigenvalue weighted by atomic mass is 15.2. The number of nitrogens with zero attached hydrogens (tertiary/aromatic N) is 2. The second-order valence-corrected chi connectivity index (χ2v) is 7.68. The van der Waals surface area contributed by atoms with Gasteiger partial charge in [0, 0.05) is 19.3 Å². The number of piperidine rings is 1. The van der Waals surface area contributed by atoms with Gasteiger partial charge in [0.15, 0.2) is 0 Å². The van der Waals surface area contributed by atoms with E-state index >= 15 is 0 Å². The van der Waals surface area contributed by atoms with Crippen LogP contribution in [0.25, 0.3) is 0 Å². The van der Waals surface area contributed by atoms with Gasteiger partial charge >= 0.3 is 0 Å². The van der Waals surface area contributed by atoms with E-state index in [0.717, 1.165) is 25.9 Å². The maximum absolute atomic E-state index is 4.86. The van der Waals surface area contributed by atoms with Crippen LogP contribution >= 0.6 is 0 Å². The lowest BCUT2D eigenvalue weighted by Crippen LogP contribution is -2.38. The Morgan fingerprint density at radius 1 is 0.821 bits per heavy atom. The molecule has 1 fully saturated rings. The molecule has 0 amide bonds. The Kier molecular flexibility index (Phi) is 5.98. The number of aryl methyl sites for hydroxylation is 1. The molecule has 0 aliphatic carbocycles. The predicted molar refractivity (Wildman–Crippen MR) is 118 cm³/mol. The summed E-state index contributed by atoms with van der Waals surface area (Å²) in [5.41, 5.74) is 5.27. The highest BCUT2D eigenvalue weighted by Gasteiger charge is 2.27. The fraction of sp³-hybridized carbons (Fsp3) is 0.269. The van der Waals surface area contributed by atoms with Crippen LogP contribution in [0.15, 0.2) is 89.9 Å². The normalized spacial score (nSPS) is 17.0. The fourth-order valence-electron chi connectivity index (χ4n) is 4.11. The zero-order chi connectivity index (χ0) is 19.2. The van der Waals surface area contributed by atoms with Crippen molar-refractivity contribution in [2.75, 3.05) is 13.1 Å². The van der Waals surface area contributed by atoms with Crippen molar-refractivity contribution in [3.8, 4) is 0 Å². The van der Waals surface area contributed by atoms with E-state index in [9.17, 15) is 0 Å². The molecule has 1 atom stereocenters. The molecule has 0 aromatic heterocycles. The lowest BCUT2D eigenvalue weighted by Gasteiger charge is -2.37. The maximum Gasteiger partial charge on any atom is 0.0601 e. The molecule has 3 aromatic rings. The second-order valence-electron chi connectivity index (χ2n) is 7.68. The van der Waals surface area contributed by atoms with Crippen molar-refractivity contribution in [3.63, 3.8) is 0 Å². The first-order valence-corrected chi connectivity index (χ1v) is 10.2. The Morgan fingerprint density at radius 2 is 1.46 bits per heavy atom. The van der Waals surface area contributed by atoms with Crippen molar-refractivity contribution in [1.29, 1.82) is 0 Å². The minimum Gasteiger partial charge on any atom is -0.292 e. The second kappa shape index (κ2) is 8.99. The Morgan fingerprint density at radius 3 is 2.14 bits per heavy atom. The molecule has 2 nitrogen and oxygen atoms in total. The molecule has 0 N–H and O–H groups in total. The summed E-state index contributed by atoms with van der Waals surface area (Å²) < 4.78 is 0. The van der Waals surface area contributed by atoms with Gasteiger partial charge in [0.25, 0.3) is 0 Å². The lowest BCUT2D eigenvalue weighted by atomic mass is 9.93. The molecule has 3 aromatic carbocycles. The number of hydrogen-bond acceptors (Lipinski definition) is 2. The third kappa shape index (κ3) is 4.58. The zero-order valence-electron chi connectivity index (χ0n) is 16.5. The average molecular weight is 369 g/mol. The fourth-order valence-corrected chi connectivity index (χ4v) is 4.11. The van der Waals surface area contributed by atoms with Crippen molar-refractivity contribution in [1.82, 2.24) is 4.90 Å². The van der Waals surface area contributed by atoms with Crippen LogP contribution in [0.3, 0.4) is 0 Å². The van der Waals surface area contributed by atoms with Crippen molar-refractivity contribution in [2.45, 2.75) is 31.8 Å². The summed E-state index contributed by atoms with van der Waals surface area (Å²) in [6.45, 7) is 4.32. The molecule has 0 radical (unpaired) electrons. The summed E-state index contributed by atoms with van der Waals surface area (Å²) in [5.74, 6) is 0. The number of likely N-dealkylation sites (tertiary alicyclic amines) is 1. The molecule has 0 spiro atoms. The van der Waals surface area contributed by atoms with E-state index in [-0.39, 0.29) is 0 Å². The molecule has 1 unspecified atom stereocenters. The van der Waals surface area contributed by atoms with Crippen LogP contribution in [0.2, 0.25) is 0 Å². The van der Waals surface area contributed by atoms with Crippen LogP contribution in [0, 0.1) is 6.92 Å². The highest BCUT2D eigenvalue weighted by Crippen LogP contribution is 2.32. The first-order valence-electron chi connectivity index (χ1n) is 10.2. The van der Waals surface area contributed by atoms with Gasteiger partial charge < -0.3 is 0 Å². The standard InChI is InChI=1S/C26H28N2/c1-21-9-8-14-24(19-21)26(23-12-6-3-7-13-23)28-17-15-25(16-18-28)27-20-22-10-4-2-5-11-22/h2-14,19-20,25-26H,15-18H2,1H3/b27-20+. The average Bonchev–Trinajstić information content (AvgIpc) is 2.75. The SMILES string of the molecule is Cc1cccc(C(c2ccccc2)N2CCC(/N=C/c3ccccc3)CC2)c1. The van der Waals surface area contributed by atoms with Gasteiger partial charge in [-0.3, -0.25) is 9.89 Å². The van der Waals surface area contributed by atoms with Gasteiger partial charge in [0.1, 0.15) is 0 Å². The van der Waals surface area contributed by atoms with Gasteiger partial charge in [-0.15, -0.1) is 0 Å². The minimum atomic E-state index is 0.320. The zero-order valence-corrected chi connectivity index (χ0v) is 16.5. The summed E-state index contributed by atoms with van der Waals surface area (Å²) in [6.07, 6.45) is 4.26. The molecule has 1 heterocycles. The largest absolute Gasteiger partial charge is 0.292 e. The van der Waals surface area contributed by atoms with Gasteiger partial charge in [0.2, 0.25) is 0 Å². The van der Waals surface area contributed by atoms with Crippen molar-refractivity contribution < 1.29 is 0 Å². The van der Waals surface area contributed by atoms with Crippen LogP contribution < -0.4 is 0 Å². The van der Waals surface area contributed by atoms with Crippen LogP contribution in [-0.2, 0) is 0 Å². The van der Waals surface area contributed by atoms with Crippen LogP contribution in [0.4, 0.5) is 0 Å². The van der Waals surface area contributed by atoms with E-state index < -0.39 is 0 Å². The summed E-state index contributed by atoms with van der Waals surface area (Å²) in [6, 6.07) is 31.0. The van der Waals surface area contributed by atoms with E-state index in [1.165, 1.54) is 22.3 Å². The number of rotatable bonds is 5. The van der Waals surface area contributed by atoms with E-state index in [2.05, 4.69) is 90.7 Å². The van der Waals surface area contributed by atoms with Gasteiger partial charge in [0.05, 0.1) is 12.1 Å². The van der Waals surface area contributed by atoms with E-state index in [0.29, 0.717) is 12.1 Å². The van der Waals surface area contributed by atoms with E-state index in [4.69, 9.17) is 4.99 Å². The number of aliphatic imine (C=N–C) groups is 1. The van der Waals surface area contributed by atoms with Crippen LogP contribution in [0.5, 0.6) is 0 Å². The predicted octanol–water partition coefficient (Wildman–Crippen LogP) is 5.67. The molecule has 1 saturated heterocycles. The summed E-state index contributed by atoms with van der Waals surface area (Å²) in [7, 11) is 0. The summed E-state index contributed by atoms with van der Waals surface area (Å²) >= 11 is 0. The molecule has 142 valence electrons. The smallest absolute Gasteiger partial charge is 0.0601 e. The molecule has 0 saturated carbocycles. The third-order valence-corrected chi connectivity index (χ3v) is 5.57. The first kappa shape index (κ1) is 18.6. The summed E-state index contributed by atoms with van der Waals surface area (Å²) in [5, 5.41) is 0.